The number of rotatable bonds is 5. The Bertz CT molecular complexity index is 663. The molecule has 0 saturated carbocycles. The molecular weight excluding hydrogens is 338 g/mol. The summed E-state index contributed by atoms with van der Waals surface area (Å²) in [4.78, 5) is 26.6. The Morgan fingerprint density at radius 1 is 1.31 bits per heavy atom. The molecule has 0 unspecified atom stereocenters. The van der Waals surface area contributed by atoms with Crippen LogP contribution in [0.4, 0.5) is 4.79 Å². The maximum absolute atomic E-state index is 12.6. The van der Waals surface area contributed by atoms with Crippen LogP contribution in [-0.4, -0.2) is 59.2 Å². The van der Waals surface area contributed by atoms with E-state index in [1.54, 1.807) is 23.6 Å². The molecule has 0 radical (unpaired) electrons. The third kappa shape index (κ3) is 4.55. The zero-order valence-electron chi connectivity index (χ0n) is 16.5. The van der Waals surface area contributed by atoms with E-state index in [9.17, 15) is 9.59 Å². The zero-order chi connectivity index (χ0) is 19.5. The molecule has 0 aromatic carbocycles. The molecule has 146 valence electrons. The largest absolute Gasteiger partial charge is 0.461 e. The molecule has 8 nitrogen and oxygen atoms in total. The topological polar surface area (TPSA) is 82.9 Å². The molecule has 1 atom stereocenters. The molecular formula is C18H29N3O5. The van der Waals surface area contributed by atoms with Crippen LogP contribution in [0.5, 0.6) is 0 Å². The van der Waals surface area contributed by atoms with Crippen molar-refractivity contribution in [3.05, 3.63) is 17.0 Å². The smallest absolute Gasteiger partial charge is 0.410 e. The number of amides is 1. The fourth-order valence-electron chi connectivity index (χ4n) is 2.92. The lowest BCUT2D eigenvalue weighted by Crippen LogP contribution is -2.40. The molecule has 2 heterocycles. The van der Waals surface area contributed by atoms with Crippen molar-refractivity contribution in [1.29, 1.82) is 0 Å². The van der Waals surface area contributed by atoms with Gasteiger partial charge in [0.2, 0.25) is 0 Å². The highest BCUT2D eigenvalue weighted by Gasteiger charge is 2.33. The molecule has 1 aliphatic rings. The van der Waals surface area contributed by atoms with Crippen molar-refractivity contribution in [2.24, 2.45) is 0 Å². The van der Waals surface area contributed by atoms with Gasteiger partial charge >= 0.3 is 12.1 Å². The summed E-state index contributed by atoms with van der Waals surface area (Å²) in [6.45, 7) is 10.6. The van der Waals surface area contributed by atoms with E-state index in [2.05, 4.69) is 5.10 Å². The van der Waals surface area contributed by atoms with Gasteiger partial charge in [-0.2, -0.15) is 5.10 Å². The van der Waals surface area contributed by atoms with Crippen LogP contribution < -0.4 is 0 Å². The van der Waals surface area contributed by atoms with E-state index in [0.29, 0.717) is 25.3 Å². The van der Waals surface area contributed by atoms with Gasteiger partial charge in [-0.1, -0.05) is 0 Å². The minimum Gasteiger partial charge on any atom is -0.461 e. The lowest BCUT2D eigenvalue weighted by molar-refractivity contribution is 0.0219. The van der Waals surface area contributed by atoms with Crippen LogP contribution in [0.25, 0.3) is 0 Å². The molecule has 1 aromatic heterocycles. The average molecular weight is 367 g/mol. The van der Waals surface area contributed by atoms with Crippen LogP contribution in [0.3, 0.4) is 0 Å². The Hall–Kier alpha value is -2.09. The fourth-order valence-corrected chi connectivity index (χ4v) is 2.92. The van der Waals surface area contributed by atoms with E-state index in [0.717, 1.165) is 11.3 Å². The van der Waals surface area contributed by atoms with Crippen molar-refractivity contribution >= 4 is 12.1 Å². The number of carbonyl (C=O) groups is 2. The summed E-state index contributed by atoms with van der Waals surface area (Å²) in [6.07, 6.45) is 0.170. The molecule has 0 bridgehead atoms. The summed E-state index contributed by atoms with van der Waals surface area (Å²) >= 11 is 0. The molecule has 0 saturated heterocycles. The van der Waals surface area contributed by atoms with Crippen LogP contribution in [-0.2, 0) is 27.2 Å². The molecule has 0 fully saturated rings. The summed E-state index contributed by atoms with van der Waals surface area (Å²) in [5.41, 5.74) is 1.36. The van der Waals surface area contributed by atoms with Gasteiger partial charge in [0.15, 0.2) is 5.69 Å². The van der Waals surface area contributed by atoms with Crippen LogP contribution in [0, 0.1) is 0 Å². The highest BCUT2D eigenvalue weighted by Crippen LogP contribution is 2.26. The molecule has 1 amide bonds. The molecule has 8 heteroatoms. The first-order valence-corrected chi connectivity index (χ1v) is 8.92. The lowest BCUT2D eigenvalue weighted by atomic mass is 10.1. The van der Waals surface area contributed by atoms with Crippen molar-refractivity contribution < 1.29 is 23.8 Å². The number of esters is 1. The van der Waals surface area contributed by atoms with Gasteiger partial charge in [-0.25, -0.2) is 9.59 Å². The number of hydrogen-bond acceptors (Lipinski definition) is 6. The van der Waals surface area contributed by atoms with Gasteiger partial charge < -0.3 is 19.1 Å². The van der Waals surface area contributed by atoms with E-state index >= 15 is 0 Å². The molecule has 2 rings (SSSR count). The summed E-state index contributed by atoms with van der Waals surface area (Å²) in [7, 11) is 1.61. The van der Waals surface area contributed by atoms with Crippen molar-refractivity contribution in [2.75, 3.05) is 26.9 Å². The summed E-state index contributed by atoms with van der Waals surface area (Å²) < 4.78 is 17.5. The quantitative estimate of drug-likeness (QED) is 0.744. The minimum absolute atomic E-state index is 0.125. The van der Waals surface area contributed by atoms with Crippen molar-refractivity contribution in [3.8, 4) is 0 Å². The number of methoxy groups -OCH3 is 1. The van der Waals surface area contributed by atoms with Gasteiger partial charge in [0.1, 0.15) is 5.60 Å². The lowest BCUT2D eigenvalue weighted by Gasteiger charge is -2.29. The van der Waals surface area contributed by atoms with Crippen LogP contribution in [0.2, 0.25) is 0 Å². The Balaban J connectivity index is 2.34. The molecule has 0 aliphatic carbocycles. The Morgan fingerprint density at radius 3 is 2.58 bits per heavy atom. The highest BCUT2D eigenvalue weighted by molar-refractivity contribution is 5.90. The minimum atomic E-state index is -0.571. The zero-order valence-corrected chi connectivity index (χ0v) is 16.5. The standard InChI is InChI=1S/C18H29N3O5/c1-7-25-16(22)15-13-10-20(17(23)26-18(3,4)5)9-8-14(13)19-21(15)12(2)11-24-6/h12H,7-11H2,1-6H3/t12-/m1/s1. The second-order valence-electron chi connectivity index (χ2n) is 7.40. The average Bonchev–Trinajstić information content (AvgIpc) is 2.92. The molecule has 1 aromatic rings. The number of ether oxygens (including phenoxy) is 3. The van der Waals surface area contributed by atoms with E-state index in [-0.39, 0.29) is 19.2 Å². The Kier molecular flexibility index (Phi) is 6.28. The van der Waals surface area contributed by atoms with Crippen molar-refractivity contribution in [3.63, 3.8) is 0 Å². The summed E-state index contributed by atoms with van der Waals surface area (Å²) in [5.74, 6) is -0.435. The van der Waals surface area contributed by atoms with Gasteiger partial charge in [-0.15, -0.1) is 0 Å². The van der Waals surface area contributed by atoms with Crippen molar-refractivity contribution in [1.82, 2.24) is 14.7 Å². The van der Waals surface area contributed by atoms with Crippen molar-refractivity contribution in [2.45, 2.75) is 59.2 Å². The first kappa shape index (κ1) is 20.2. The molecule has 26 heavy (non-hydrogen) atoms. The number of hydrogen-bond donors (Lipinski definition) is 0. The number of fused-ring (bicyclic) bond motifs is 1. The first-order valence-electron chi connectivity index (χ1n) is 8.92. The van der Waals surface area contributed by atoms with E-state index in [1.807, 2.05) is 27.7 Å². The van der Waals surface area contributed by atoms with Gasteiger partial charge in [-0.05, 0) is 34.6 Å². The molecule has 0 spiro atoms. The predicted molar refractivity (Wildman–Crippen MR) is 95.1 cm³/mol. The van der Waals surface area contributed by atoms with Crippen LogP contribution >= 0.6 is 0 Å². The predicted octanol–water partition coefficient (Wildman–Crippen LogP) is 2.56. The van der Waals surface area contributed by atoms with Gasteiger partial charge in [-0.3, -0.25) is 4.68 Å². The van der Waals surface area contributed by atoms with Gasteiger partial charge in [0.05, 0.1) is 31.5 Å². The normalized spacial score (nSPS) is 15.4. The summed E-state index contributed by atoms with van der Waals surface area (Å²) in [6, 6.07) is -0.125. The summed E-state index contributed by atoms with van der Waals surface area (Å²) in [5, 5.41) is 4.60. The second-order valence-corrected chi connectivity index (χ2v) is 7.40. The second kappa shape index (κ2) is 8.07. The Labute approximate surface area is 154 Å². The fraction of sp³-hybridized carbons (Fsp3) is 0.722. The maximum Gasteiger partial charge on any atom is 0.410 e. The monoisotopic (exact) mass is 367 g/mol. The molecule has 1 aliphatic heterocycles. The van der Waals surface area contributed by atoms with Gasteiger partial charge in [0.25, 0.3) is 0 Å². The van der Waals surface area contributed by atoms with Crippen LogP contribution in [0.15, 0.2) is 0 Å². The Morgan fingerprint density at radius 2 is 2.00 bits per heavy atom. The van der Waals surface area contributed by atoms with E-state index in [1.165, 1.54) is 0 Å². The van der Waals surface area contributed by atoms with E-state index < -0.39 is 17.7 Å². The number of carbonyl (C=O) groups excluding carboxylic acids is 2. The van der Waals surface area contributed by atoms with Crippen LogP contribution in [0.1, 0.15) is 62.4 Å². The number of aromatic nitrogens is 2. The molecule has 0 N–H and O–H groups in total. The first-order chi connectivity index (χ1) is 12.2. The van der Waals surface area contributed by atoms with E-state index in [4.69, 9.17) is 14.2 Å². The maximum atomic E-state index is 12.6. The highest BCUT2D eigenvalue weighted by atomic mass is 16.6. The van der Waals surface area contributed by atoms with Gasteiger partial charge in [0, 0.05) is 25.6 Å². The number of nitrogens with zero attached hydrogens (tertiary/aromatic N) is 3. The third-order valence-electron chi connectivity index (χ3n) is 4.01. The third-order valence-corrected chi connectivity index (χ3v) is 4.01. The SMILES string of the molecule is CCOC(=O)c1c2c(nn1[C@H](C)COC)CCN(C(=O)OC(C)(C)C)C2.